The van der Waals surface area contributed by atoms with Gasteiger partial charge < -0.3 is 4.74 Å². The Labute approximate surface area is 120 Å². The third kappa shape index (κ3) is 3.35. The highest BCUT2D eigenvalue weighted by atomic mass is 32.2. The number of methoxy groups -OCH3 is 1. The van der Waals surface area contributed by atoms with Crippen LogP contribution in [0.1, 0.15) is 5.69 Å². The molecule has 1 aromatic carbocycles. The summed E-state index contributed by atoms with van der Waals surface area (Å²) in [6.45, 7) is 0.0163. The van der Waals surface area contributed by atoms with Crippen LogP contribution in [-0.2, 0) is 16.6 Å². The number of rotatable bonds is 6. The van der Waals surface area contributed by atoms with Gasteiger partial charge in [-0.25, -0.2) is 13.1 Å². The molecule has 0 aliphatic carbocycles. The Balaban J connectivity index is 2.28. The van der Waals surface area contributed by atoms with E-state index in [0.717, 1.165) is 18.2 Å². The molecule has 9 nitrogen and oxygen atoms in total. The van der Waals surface area contributed by atoms with Crippen LogP contribution in [0.15, 0.2) is 35.4 Å². The number of nitro benzene ring substituents is 1. The molecule has 0 aliphatic rings. The van der Waals surface area contributed by atoms with E-state index in [-0.39, 0.29) is 22.9 Å². The number of aromatic amines is 1. The average Bonchev–Trinajstić information content (AvgIpc) is 2.97. The molecule has 0 saturated heterocycles. The first kappa shape index (κ1) is 14.9. The normalized spacial score (nSPS) is 11.3. The lowest BCUT2D eigenvalue weighted by atomic mass is 10.3. The molecule has 0 radical (unpaired) electrons. The number of benzene rings is 1. The SMILES string of the molecule is COc1cc([N+](=O)[O-])ccc1S(=O)(=O)NCc1ccn[nH]1. The number of nitrogens with zero attached hydrogens (tertiary/aromatic N) is 2. The zero-order chi connectivity index (χ0) is 15.5. The molecule has 0 saturated carbocycles. The Kier molecular flexibility index (Phi) is 4.19. The zero-order valence-electron chi connectivity index (χ0n) is 10.9. The van der Waals surface area contributed by atoms with E-state index in [0.29, 0.717) is 5.69 Å². The Morgan fingerprint density at radius 3 is 2.76 bits per heavy atom. The van der Waals surface area contributed by atoms with E-state index in [1.165, 1.54) is 13.3 Å². The minimum absolute atomic E-state index is 0.0163. The van der Waals surface area contributed by atoms with Crippen molar-refractivity contribution in [2.75, 3.05) is 7.11 Å². The number of hydrogen-bond acceptors (Lipinski definition) is 6. The molecule has 0 atom stereocenters. The van der Waals surface area contributed by atoms with Crippen molar-refractivity contribution in [3.05, 3.63) is 46.3 Å². The van der Waals surface area contributed by atoms with Crippen LogP contribution < -0.4 is 9.46 Å². The monoisotopic (exact) mass is 312 g/mol. The van der Waals surface area contributed by atoms with Gasteiger partial charge in [0.05, 0.1) is 30.3 Å². The maximum atomic E-state index is 12.2. The van der Waals surface area contributed by atoms with Crippen LogP contribution in [-0.4, -0.2) is 30.6 Å². The summed E-state index contributed by atoms with van der Waals surface area (Å²) in [6.07, 6.45) is 1.50. The predicted octanol–water partition coefficient (Wildman–Crippen LogP) is 0.805. The number of nitro groups is 1. The summed E-state index contributed by atoms with van der Waals surface area (Å²) < 4.78 is 31.7. The summed E-state index contributed by atoms with van der Waals surface area (Å²) in [7, 11) is -2.62. The largest absolute Gasteiger partial charge is 0.495 e. The summed E-state index contributed by atoms with van der Waals surface area (Å²) in [4.78, 5) is 9.89. The smallest absolute Gasteiger partial charge is 0.273 e. The molecule has 1 aromatic heterocycles. The Morgan fingerprint density at radius 2 is 2.19 bits per heavy atom. The molecule has 2 aromatic rings. The van der Waals surface area contributed by atoms with E-state index in [2.05, 4.69) is 14.9 Å². The van der Waals surface area contributed by atoms with Crippen LogP contribution >= 0.6 is 0 Å². The molecule has 0 amide bonds. The van der Waals surface area contributed by atoms with Crippen LogP contribution in [0, 0.1) is 10.1 Å². The Morgan fingerprint density at radius 1 is 1.43 bits per heavy atom. The summed E-state index contributed by atoms with van der Waals surface area (Å²) in [5.41, 5.74) is 0.332. The van der Waals surface area contributed by atoms with Crippen LogP contribution in [0.2, 0.25) is 0 Å². The molecule has 0 fully saturated rings. The van der Waals surface area contributed by atoms with Crippen molar-refractivity contribution in [1.29, 1.82) is 0 Å². The van der Waals surface area contributed by atoms with Crippen LogP contribution in [0.5, 0.6) is 5.75 Å². The van der Waals surface area contributed by atoms with Crippen LogP contribution in [0.3, 0.4) is 0 Å². The van der Waals surface area contributed by atoms with Gasteiger partial charge in [-0.15, -0.1) is 0 Å². The maximum absolute atomic E-state index is 12.2. The molecular formula is C11H12N4O5S. The Bertz CT molecular complexity index is 742. The van der Waals surface area contributed by atoms with Gasteiger partial charge in [0.25, 0.3) is 5.69 Å². The second-order valence-corrected chi connectivity index (χ2v) is 5.73. The van der Waals surface area contributed by atoms with Crippen molar-refractivity contribution < 1.29 is 18.1 Å². The molecule has 0 aliphatic heterocycles. The molecule has 2 rings (SSSR count). The first-order valence-corrected chi connectivity index (χ1v) is 7.22. The van der Waals surface area contributed by atoms with Crippen LogP contribution in [0.4, 0.5) is 5.69 Å². The van der Waals surface area contributed by atoms with Gasteiger partial charge in [0.1, 0.15) is 10.6 Å². The highest BCUT2D eigenvalue weighted by Gasteiger charge is 2.22. The number of nitrogens with one attached hydrogen (secondary N) is 2. The molecule has 2 N–H and O–H groups in total. The minimum Gasteiger partial charge on any atom is -0.495 e. The van der Waals surface area contributed by atoms with Crippen molar-refractivity contribution in [2.45, 2.75) is 11.4 Å². The summed E-state index contributed by atoms with van der Waals surface area (Å²) in [5, 5.41) is 17.0. The van der Waals surface area contributed by atoms with E-state index in [1.54, 1.807) is 6.07 Å². The van der Waals surface area contributed by atoms with E-state index in [4.69, 9.17) is 4.74 Å². The van der Waals surface area contributed by atoms with E-state index >= 15 is 0 Å². The van der Waals surface area contributed by atoms with Gasteiger partial charge in [-0.05, 0) is 12.1 Å². The summed E-state index contributed by atoms with van der Waals surface area (Å²) in [6, 6.07) is 4.92. The fourth-order valence-corrected chi connectivity index (χ4v) is 2.78. The second kappa shape index (κ2) is 5.89. The first-order chi connectivity index (χ1) is 9.94. The maximum Gasteiger partial charge on any atom is 0.273 e. The highest BCUT2D eigenvalue weighted by molar-refractivity contribution is 7.89. The zero-order valence-corrected chi connectivity index (χ0v) is 11.8. The summed E-state index contributed by atoms with van der Waals surface area (Å²) >= 11 is 0. The summed E-state index contributed by atoms with van der Waals surface area (Å²) in [5.74, 6) is -0.0960. The molecule has 0 bridgehead atoms. The molecule has 21 heavy (non-hydrogen) atoms. The molecule has 112 valence electrons. The number of H-pyrrole nitrogens is 1. The minimum atomic E-state index is -3.87. The van der Waals surface area contributed by atoms with Crippen molar-refractivity contribution in [2.24, 2.45) is 0 Å². The van der Waals surface area contributed by atoms with Gasteiger partial charge in [-0.3, -0.25) is 15.2 Å². The van der Waals surface area contributed by atoms with Gasteiger partial charge in [-0.1, -0.05) is 0 Å². The number of non-ortho nitro benzene ring substituents is 1. The number of ether oxygens (including phenoxy) is 1. The van der Waals surface area contributed by atoms with E-state index < -0.39 is 14.9 Å². The molecule has 0 unspecified atom stereocenters. The predicted molar refractivity (Wildman–Crippen MR) is 72.3 cm³/mol. The van der Waals surface area contributed by atoms with Crippen molar-refractivity contribution in [3.8, 4) is 5.75 Å². The lowest BCUT2D eigenvalue weighted by molar-refractivity contribution is -0.385. The standard InChI is InChI=1S/C11H12N4O5S/c1-20-10-6-9(15(16)17)2-3-11(10)21(18,19)13-7-8-4-5-12-14-8/h2-6,13H,7H2,1H3,(H,12,14). The third-order valence-electron chi connectivity index (χ3n) is 2.66. The van der Waals surface area contributed by atoms with Crippen molar-refractivity contribution >= 4 is 15.7 Å². The van der Waals surface area contributed by atoms with E-state index in [1.807, 2.05) is 0 Å². The average molecular weight is 312 g/mol. The number of aromatic nitrogens is 2. The third-order valence-corrected chi connectivity index (χ3v) is 4.10. The quantitative estimate of drug-likeness (QED) is 0.600. The van der Waals surface area contributed by atoms with Crippen LogP contribution in [0.25, 0.3) is 0 Å². The Hall–Kier alpha value is -2.46. The topological polar surface area (TPSA) is 127 Å². The van der Waals surface area contributed by atoms with Gasteiger partial charge in [0, 0.05) is 12.3 Å². The fourth-order valence-electron chi connectivity index (χ4n) is 1.63. The number of hydrogen-bond donors (Lipinski definition) is 2. The van der Waals surface area contributed by atoms with Gasteiger partial charge in [-0.2, -0.15) is 5.10 Å². The highest BCUT2D eigenvalue weighted by Crippen LogP contribution is 2.28. The lowest BCUT2D eigenvalue weighted by Gasteiger charge is -2.10. The van der Waals surface area contributed by atoms with Gasteiger partial charge >= 0.3 is 0 Å². The fraction of sp³-hybridized carbons (Fsp3) is 0.182. The first-order valence-electron chi connectivity index (χ1n) is 5.74. The van der Waals surface area contributed by atoms with Crippen molar-refractivity contribution in [3.63, 3.8) is 0 Å². The second-order valence-electron chi connectivity index (χ2n) is 4.00. The number of sulfonamides is 1. The molecule has 0 spiro atoms. The van der Waals surface area contributed by atoms with Crippen molar-refractivity contribution in [1.82, 2.24) is 14.9 Å². The van der Waals surface area contributed by atoms with Gasteiger partial charge in [0.2, 0.25) is 10.0 Å². The molecular weight excluding hydrogens is 300 g/mol. The van der Waals surface area contributed by atoms with Gasteiger partial charge in [0.15, 0.2) is 0 Å². The van der Waals surface area contributed by atoms with E-state index in [9.17, 15) is 18.5 Å². The lowest BCUT2D eigenvalue weighted by Crippen LogP contribution is -2.24. The molecule has 10 heteroatoms. The molecule has 1 heterocycles.